The summed E-state index contributed by atoms with van der Waals surface area (Å²) >= 11 is 0. The second kappa shape index (κ2) is 11.8. The van der Waals surface area contributed by atoms with Crippen molar-refractivity contribution in [2.75, 3.05) is 29.0 Å². The van der Waals surface area contributed by atoms with Gasteiger partial charge in [-0.3, -0.25) is 19.4 Å². The van der Waals surface area contributed by atoms with E-state index in [0.29, 0.717) is 47.7 Å². The van der Waals surface area contributed by atoms with E-state index >= 15 is 0 Å². The summed E-state index contributed by atoms with van der Waals surface area (Å²) in [5, 5.41) is 8.05. The van der Waals surface area contributed by atoms with Crippen molar-refractivity contribution in [3.05, 3.63) is 61.2 Å². The largest absolute Gasteiger partial charge is 0.497 e. The van der Waals surface area contributed by atoms with Crippen molar-refractivity contribution < 1.29 is 27.5 Å². The molecule has 2 aromatic heterocycles. The molecule has 0 unspecified atom stereocenters. The SMILES string of the molecule is CCNC(=O)[C@@H]1CC[C@H](n2cnc3c(NC(=O)Nc4ccc(S(=O)(=O)Nc5ccc(OC)cc5)cc4)ncnc32)O1. The lowest BCUT2D eigenvalue weighted by molar-refractivity contribution is -0.133. The molecule has 1 fully saturated rings. The number of benzene rings is 2. The molecule has 2 atom stereocenters. The van der Waals surface area contributed by atoms with Crippen LogP contribution >= 0.6 is 0 Å². The fraction of sp³-hybridized carbons (Fsp3) is 0.269. The van der Waals surface area contributed by atoms with E-state index in [4.69, 9.17) is 9.47 Å². The van der Waals surface area contributed by atoms with E-state index in [0.717, 1.165) is 0 Å². The van der Waals surface area contributed by atoms with Crippen molar-refractivity contribution in [1.29, 1.82) is 0 Å². The average Bonchev–Trinajstić information content (AvgIpc) is 3.62. The number of nitrogens with one attached hydrogen (secondary N) is 4. The van der Waals surface area contributed by atoms with Gasteiger partial charge in [0.1, 0.15) is 24.4 Å². The van der Waals surface area contributed by atoms with Gasteiger partial charge in [-0.2, -0.15) is 0 Å². The predicted molar refractivity (Wildman–Crippen MR) is 150 cm³/mol. The number of ether oxygens (including phenoxy) is 2. The maximum atomic E-state index is 12.7. The molecule has 1 aliphatic rings. The van der Waals surface area contributed by atoms with Gasteiger partial charge in [0.2, 0.25) is 5.91 Å². The second-order valence-corrected chi connectivity index (χ2v) is 10.7. The molecule has 1 saturated heterocycles. The highest BCUT2D eigenvalue weighted by Crippen LogP contribution is 2.31. The van der Waals surface area contributed by atoms with E-state index in [1.165, 1.54) is 44.0 Å². The number of sulfonamides is 1. The number of methoxy groups -OCH3 is 1. The zero-order valence-corrected chi connectivity index (χ0v) is 23.0. The van der Waals surface area contributed by atoms with Crippen molar-refractivity contribution in [2.24, 2.45) is 0 Å². The fourth-order valence-electron chi connectivity index (χ4n) is 4.32. The number of hydrogen-bond acceptors (Lipinski definition) is 9. The highest BCUT2D eigenvalue weighted by Gasteiger charge is 2.32. The number of carbonyl (C=O) groups is 2. The molecule has 0 spiro atoms. The number of aromatic nitrogens is 4. The normalized spacial score (nSPS) is 16.7. The lowest BCUT2D eigenvalue weighted by Crippen LogP contribution is -2.34. The Morgan fingerprint density at radius 3 is 2.44 bits per heavy atom. The molecule has 214 valence electrons. The van der Waals surface area contributed by atoms with Gasteiger partial charge in [0.25, 0.3) is 10.0 Å². The molecule has 5 rings (SSSR count). The molecule has 1 aliphatic heterocycles. The Morgan fingerprint density at radius 1 is 1.00 bits per heavy atom. The number of anilines is 3. The van der Waals surface area contributed by atoms with Gasteiger partial charge >= 0.3 is 6.03 Å². The Morgan fingerprint density at radius 2 is 1.73 bits per heavy atom. The van der Waals surface area contributed by atoms with E-state index in [1.807, 2.05) is 6.92 Å². The molecular formula is C26H28N8O6S. The summed E-state index contributed by atoms with van der Waals surface area (Å²) in [6.45, 7) is 2.37. The maximum absolute atomic E-state index is 12.7. The minimum Gasteiger partial charge on any atom is -0.497 e. The van der Waals surface area contributed by atoms with Crippen LogP contribution < -0.4 is 25.4 Å². The quantitative estimate of drug-likeness (QED) is 0.231. The number of fused-ring (bicyclic) bond motifs is 1. The molecule has 3 amide bonds. The average molecular weight is 581 g/mol. The third kappa shape index (κ3) is 6.20. The van der Waals surface area contributed by atoms with Crippen LogP contribution in [0.2, 0.25) is 0 Å². The van der Waals surface area contributed by atoms with Crippen molar-refractivity contribution in [3.8, 4) is 5.75 Å². The molecule has 3 heterocycles. The highest BCUT2D eigenvalue weighted by molar-refractivity contribution is 7.92. The summed E-state index contributed by atoms with van der Waals surface area (Å²) in [6.07, 6.45) is 3.00. The van der Waals surface area contributed by atoms with Gasteiger partial charge in [-0.25, -0.2) is 28.2 Å². The van der Waals surface area contributed by atoms with Gasteiger partial charge in [0.15, 0.2) is 17.0 Å². The van der Waals surface area contributed by atoms with E-state index in [2.05, 4.69) is 35.6 Å². The Hall–Kier alpha value is -4.76. The van der Waals surface area contributed by atoms with Crippen molar-refractivity contribution >= 4 is 50.3 Å². The van der Waals surface area contributed by atoms with E-state index < -0.39 is 28.4 Å². The number of urea groups is 1. The van der Waals surface area contributed by atoms with Gasteiger partial charge in [-0.05, 0) is 68.3 Å². The van der Waals surface area contributed by atoms with Gasteiger partial charge in [-0.1, -0.05) is 0 Å². The number of carbonyl (C=O) groups excluding carboxylic acids is 2. The lowest BCUT2D eigenvalue weighted by atomic mass is 10.2. The number of rotatable bonds is 9. The Kier molecular flexibility index (Phi) is 7.98. The molecular weight excluding hydrogens is 552 g/mol. The summed E-state index contributed by atoms with van der Waals surface area (Å²) in [4.78, 5) is 37.6. The zero-order chi connectivity index (χ0) is 29.0. The number of nitrogens with zero attached hydrogens (tertiary/aromatic N) is 4. The summed E-state index contributed by atoms with van der Waals surface area (Å²) in [6, 6.07) is 11.5. The summed E-state index contributed by atoms with van der Waals surface area (Å²) in [7, 11) is -2.32. The van der Waals surface area contributed by atoms with Crippen LogP contribution in [0.25, 0.3) is 11.2 Å². The van der Waals surface area contributed by atoms with Crippen LogP contribution in [-0.2, 0) is 19.6 Å². The Bertz CT molecular complexity index is 1660. The van der Waals surface area contributed by atoms with Crippen LogP contribution in [0.1, 0.15) is 26.0 Å². The second-order valence-electron chi connectivity index (χ2n) is 9.04. The van der Waals surface area contributed by atoms with Crippen LogP contribution in [0.15, 0.2) is 66.1 Å². The van der Waals surface area contributed by atoms with E-state index in [-0.39, 0.29) is 16.6 Å². The van der Waals surface area contributed by atoms with E-state index in [1.54, 1.807) is 28.8 Å². The van der Waals surface area contributed by atoms with Crippen molar-refractivity contribution in [3.63, 3.8) is 0 Å². The van der Waals surface area contributed by atoms with Crippen molar-refractivity contribution in [2.45, 2.75) is 37.0 Å². The first-order chi connectivity index (χ1) is 19.8. The third-order valence-electron chi connectivity index (χ3n) is 6.31. The van der Waals surface area contributed by atoms with Gasteiger partial charge in [-0.15, -0.1) is 0 Å². The number of imidazole rings is 1. The number of likely N-dealkylation sites (N-methyl/N-ethyl adjacent to an activating group) is 1. The van der Waals surface area contributed by atoms with Gasteiger partial charge in [0, 0.05) is 17.9 Å². The Balaban J connectivity index is 1.22. The third-order valence-corrected chi connectivity index (χ3v) is 7.70. The molecule has 0 aliphatic carbocycles. The van der Waals surface area contributed by atoms with Gasteiger partial charge < -0.3 is 20.1 Å². The smallest absolute Gasteiger partial charge is 0.324 e. The molecule has 15 heteroatoms. The predicted octanol–water partition coefficient (Wildman–Crippen LogP) is 3.09. The zero-order valence-electron chi connectivity index (χ0n) is 22.2. The van der Waals surface area contributed by atoms with Crippen LogP contribution in [0.3, 0.4) is 0 Å². The summed E-state index contributed by atoms with van der Waals surface area (Å²) < 4.78 is 40.7. The van der Waals surface area contributed by atoms with Crippen LogP contribution in [-0.4, -0.2) is 59.6 Å². The molecule has 0 radical (unpaired) electrons. The van der Waals surface area contributed by atoms with Crippen LogP contribution in [0.5, 0.6) is 5.75 Å². The number of amides is 3. The van der Waals surface area contributed by atoms with Gasteiger partial charge in [0.05, 0.1) is 18.3 Å². The molecule has 2 aromatic carbocycles. The molecule has 4 aromatic rings. The summed E-state index contributed by atoms with van der Waals surface area (Å²) in [5.41, 5.74) is 1.53. The van der Waals surface area contributed by atoms with E-state index in [9.17, 15) is 18.0 Å². The minimum atomic E-state index is -3.85. The fourth-order valence-corrected chi connectivity index (χ4v) is 5.38. The molecule has 14 nitrogen and oxygen atoms in total. The number of hydrogen-bond donors (Lipinski definition) is 4. The summed E-state index contributed by atoms with van der Waals surface area (Å²) in [5.74, 6) is 0.617. The monoisotopic (exact) mass is 580 g/mol. The first kappa shape index (κ1) is 27.8. The van der Waals surface area contributed by atoms with Crippen LogP contribution in [0, 0.1) is 0 Å². The topological polar surface area (TPSA) is 178 Å². The van der Waals surface area contributed by atoms with Crippen LogP contribution in [0.4, 0.5) is 22.0 Å². The minimum absolute atomic E-state index is 0.0193. The molecule has 4 N–H and O–H groups in total. The molecule has 41 heavy (non-hydrogen) atoms. The lowest BCUT2D eigenvalue weighted by Gasteiger charge is -2.15. The standard InChI is InChI=1S/C26H28N8O6S/c1-3-27-25(35)20-12-13-21(40-20)34-15-30-22-23(28-14-29-24(22)34)32-26(36)31-16-6-10-19(11-7-16)41(37,38)33-17-4-8-18(39-2)9-5-17/h4-11,14-15,20-21,33H,3,12-13H2,1-2H3,(H,27,35)(H2,28,29,31,32,36)/t20-,21+/m0/s1. The highest BCUT2D eigenvalue weighted by atomic mass is 32.2. The molecule has 0 saturated carbocycles. The molecule has 0 bridgehead atoms. The Labute approximate surface area is 235 Å². The van der Waals surface area contributed by atoms with Crippen molar-refractivity contribution in [1.82, 2.24) is 24.8 Å². The first-order valence-corrected chi connectivity index (χ1v) is 14.2. The maximum Gasteiger partial charge on any atom is 0.324 e. The first-order valence-electron chi connectivity index (χ1n) is 12.7.